The molecule has 118 valence electrons. The monoisotopic (exact) mass is 305 g/mol. The Morgan fingerprint density at radius 3 is 2.57 bits per heavy atom. The quantitative estimate of drug-likeness (QED) is 0.841. The highest BCUT2D eigenvalue weighted by molar-refractivity contribution is 5.69. The van der Waals surface area contributed by atoms with Gasteiger partial charge in [-0.3, -0.25) is 9.69 Å². The van der Waals surface area contributed by atoms with Crippen LogP contribution in [0, 0.1) is 0 Å². The van der Waals surface area contributed by atoms with Crippen molar-refractivity contribution in [2.75, 3.05) is 13.1 Å². The van der Waals surface area contributed by atoms with Gasteiger partial charge in [-0.05, 0) is 31.5 Å². The number of benzene rings is 1. The molecule has 0 aliphatic rings. The van der Waals surface area contributed by atoms with Crippen LogP contribution in [0.1, 0.15) is 19.4 Å². The van der Waals surface area contributed by atoms with Gasteiger partial charge in [0.05, 0.1) is 19.2 Å². The van der Waals surface area contributed by atoms with E-state index >= 15 is 0 Å². The Labute approximate surface area is 121 Å². The zero-order chi connectivity index (χ0) is 16.0. The summed E-state index contributed by atoms with van der Waals surface area (Å²) in [6.07, 6.45) is -4.49. The Kier molecular flexibility index (Phi) is 6.02. The minimum absolute atomic E-state index is 0.0504. The van der Waals surface area contributed by atoms with Crippen molar-refractivity contribution in [3.8, 4) is 5.75 Å². The first-order valence-electron chi connectivity index (χ1n) is 6.42. The summed E-state index contributed by atoms with van der Waals surface area (Å²) in [6, 6.07) is 6.62. The second-order valence-electron chi connectivity index (χ2n) is 4.97. The maximum atomic E-state index is 12.5. The van der Waals surface area contributed by atoms with Gasteiger partial charge in [-0.2, -0.15) is 13.2 Å². The fourth-order valence-electron chi connectivity index (χ4n) is 1.86. The van der Waals surface area contributed by atoms with Crippen LogP contribution in [0.5, 0.6) is 5.75 Å². The molecule has 0 aliphatic heterocycles. The van der Waals surface area contributed by atoms with Gasteiger partial charge in [0.25, 0.3) is 0 Å². The highest BCUT2D eigenvalue weighted by Crippen LogP contribution is 2.20. The van der Waals surface area contributed by atoms with E-state index in [-0.39, 0.29) is 12.6 Å². The Balaban J connectivity index is 2.80. The summed E-state index contributed by atoms with van der Waals surface area (Å²) >= 11 is 0. The summed E-state index contributed by atoms with van der Waals surface area (Å²) < 4.78 is 42.8. The molecule has 1 aromatic rings. The van der Waals surface area contributed by atoms with E-state index in [1.165, 1.54) is 0 Å². The molecule has 4 nitrogen and oxygen atoms in total. The molecule has 0 amide bonds. The van der Waals surface area contributed by atoms with Gasteiger partial charge < -0.3 is 9.84 Å². The van der Waals surface area contributed by atoms with Gasteiger partial charge in [-0.15, -0.1) is 0 Å². The lowest BCUT2D eigenvalue weighted by molar-refractivity contribution is -0.154. The van der Waals surface area contributed by atoms with E-state index in [4.69, 9.17) is 9.84 Å². The molecule has 0 aromatic heterocycles. The van der Waals surface area contributed by atoms with Crippen LogP contribution in [0.25, 0.3) is 0 Å². The first kappa shape index (κ1) is 17.3. The third-order valence-corrected chi connectivity index (χ3v) is 2.44. The lowest BCUT2D eigenvalue weighted by Gasteiger charge is -2.22. The van der Waals surface area contributed by atoms with Gasteiger partial charge in [0.1, 0.15) is 5.75 Å². The summed E-state index contributed by atoms with van der Waals surface area (Å²) in [5.74, 6) is -0.751. The summed E-state index contributed by atoms with van der Waals surface area (Å²) in [5, 5.41) is 8.70. The average Bonchev–Trinajstić information content (AvgIpc) is 2.24. The zero-order valence-electron chi connectivity index (χ0n) is 11.9. The van der Waals surface area contributed by atoms with Crippen LogP contribution in [0.3, 0.4) is 0 Å². The third kappa shape index (κ3) is 7.55. The molecule has 1 aromatic carbocycles. The molecule has 7 heteroatoms. The number of aliphatic carboxylic acids is 1. The maximum Gasteiger partial charge on any atom is 0.401 e. The van der Waals surface area contributed by atoms with E-state index in [0.717, 1.165) is 4.90 Å². The number of nitrogens with zero attached hydrogens (tertiary/aromatic N) is 1. The number of halogens is 3. The third-order valence-electron chi connectivity index (χ3n) is 2.44. The first-order valence-corrected chi connectivity index (χ1v) is 6.42. The van der Waals surface area contributed by atoms with E-state index in [1.807, 2.05) is 13.8 Å². The Bertz CT molecular complexity index is 475. The zero-order valence-corrected chi connectivity index (χ0v) is 11.9. The largest absolute Gasteiger partial charge is 0.491 e. The van der Waals surface area contributed by atoms with Gasteiger partial charge in [0.2, 0.25) is 0 Å². The minimum Gasteiger partial charge on any atom is -0.491 e. The number of ether oxygens (including phenoxy) is 1. The highest BCUT2D eigenvalue weighted by Gasteiger charge is 2.31. The minimum atomic E-state index is -4.44. The van der Waals surface area contributed by atoms with Crippen LogP contribution in [-0.4, -0.2) is 41.3 Å². The van der Waals surface area contributed by atoms with E-state index < -0.39 is 25.2 Å². The molecule has 1 rings (SSSR count). The molecule has 0 bridgehead atoms. The number of rotatable bonds is 7. The lowest BCUT2D eigenvalue weighted by atomic mass is 10.2. The molecule has 0 fully saturated rings. The topological polar surface area (TPSA) is 49.8 Å². The second-order valence-corrected chi connectivity index (χ2v) is 4.97. The molecule has 0 aliphatic carbocycles. The van der Waals surface area contributed by atoms with Gasteiger partial charge in [0.15, 0.2) is 0 Å². The number of hydrogen-bond acceptors (Lipinski definition) is 3. The van der Waals surface area contributed by atoms with Crippen molar-refractivity contribution in [3.63, 3.8) is 0 Å². The van der Waals surface area contributed by atoms with Crippen LogP contribution in [0.15, 0.2) is 24.3 Å². The molecule has 0 saturated carbocycles. The summed E-state index contributed by atoms with van der Waals surface area (Å²) in [7, 11) is 0. The highest BCUT2D eigenvalue weighted by atomic mass is 19.4. The SMILES string of the molecule is CC(C)Oc1cccc(CN(CC(=O)O)CC(F)(F)F)c1. The first-order chi connectivity index (χ1) is 9.65. The van der Waals surface area contributed by atoms with Gasteiger partial charge >= 0.3 is 12.1 Å². The second kappa shape index (κ2) is 7.31. The molecule has 0 radical (unpaired) electrons. The molecule has 0 spiro atoms. The standard InChI is InChI=1S/C14H18F3NO3/c1-10(2)21-12-5-3-4-11(6-12)7-18(8-13(19)20)9-14(15,16)17/h3-6,10H,7-9H2,1-2H3,(H,19,20). The van der Waals surface area contributed by atoms with Gasteiger partial charge in [-0.25, -0.2) is 0 Å². The number of carboxylic acid groups (broad SMARTS) is 1. The van der Waals surface area contributed by atoms with Crippen molar-refractivity contribution >= 4 is 5.97 Å². The molecule has 0 saturated heterocycles. The summed E-state index contributed by atoms with van der Waals surface area (Å²) in [4.78, 5) is 11.5. The van der Waals surface area contributed by atoms with Crippen LogP contribution in [0.4, 0.5) is 13.2 Å². The van der Waals surface area contributed by atoms with Crippen molar-refractivity contribution in [2.45, 2.75) is 32.7 Å². The van der Waals surface area contributed by atoms with E-state index in [0.29, 0.717) is 11.3 Å². The van der Waals surface area contributed by atoms with Crippen molar-refractivity contribution < 1.29 is 27.8 Å². The predicted octanol–water partition coefficient (Wildman–Crippen LogP) is 2.92. The van der Waals surface area contributed by atoms with Crippen molar-refractivity contribution in [3.05, 3.63) is 29.8 Å². The average molecular weight is 305 g/mol. The van der Waals surface area contributed by atoms with E-state index in [1.54, 1.807) is 24.3 Å². The number of carbonyl (C=O) groups is 1. The number of hydrogen-bond donors (Lipinski definition) is 1. The molecule has 0 heterocycles. The van der Waals surface area contributed by atoms with Crippen LogP contribution < -0.4 is 4.74 Å². The number of carboxylic acids is 1. The van der Waals surface area contributed by atoms with Crippen LogP contribution >= 0.6 is 0 Å². The molecular weight excluding hydrogens is 287 g/mol. The fraction of sp³-hybridized carbons (Fsp3) is 0.500. The van der Waals surface area contributed by atoms with Gasteiger partial charge in [-0.1, -0.05) is 12.1 Å². The van der Waals surface area contributed by atoms with Gasteiger partial charge in [0, 0.05) is 6.54 Å². The normalized spacial score (nSPS) is 12.0. The fourth-order valence-corrected chi connectivity index (χ4v) is 1.86. The molecule has 0 unspecified atom stereocenters. The maximum absolute atomic E-state index is 12.5. The predicted molar refractivity (Wildman–Crippen MR) is 71.2 cm³/mol. The Morgan fingerprint density at radius 1 is 1.38 bits per heavy atom. The van der Waals surface area contributed by atoms with E-state index in [2.05, 4.69) is 0 Å². The van der Waals surface area contributed by atoms with Crippen molar-refractivity contribution in [1.82, 2.24) is 4.90 Å². The molecule has 0 atom stereocenters. The van der Waals surface area contributed by atoms with E-state index in [9.17, 15) is 18.0 Å². The summed E-state index contributed by atoms with van der Waals surface area (Å²) in [6.45, 7) is 1.63. The smallest absolute Gasteiger partial charge is 0.401 e. The van der Waals surface area contributed by atoms with Crippen LogP contribution in [0.2, 0.25) is 0 Å². The Morgan fingerprint density at radius 2 is 2.05 bits per heavy atom. The summed E-state index contributed by atoms with van der Waals surface area (Å²) in [5.41, 5.74) is 0.568. The van der Waals surface area contributed by atoms with Crippen molar-refractivity contribution in [1.29, 1.82) is 0 Å². The molecule has 21 heavy (non-hydrogen) atoms. The van der Waals surface area contributed by atoms with Crippen LogP contribution in [-0.2, 0) is 11.3 Å². The molecular formula is C14H18F3NO3. The number of alkyl halides is 3. The lowest BCUT2D eigenvalue weighted by Crippen LogP contribution is -2.37. The van der Waals surface area contributed by atoms with Crippen molar-refractivity contribution in [2.24, 2.45) is 0 Å². The molecule has 1 N–H and O–H groups in total. The Hall–Kier alpha value is -1.76.